The van der Waals surface area contributed by atoms with Crippen molar-refractivity contribution in [3.63, 3.8) is 0 Å². The van der Waals surface area contributed by atoms with Crippen molar-refractivity contribution in [1.29, 1.82) is 0 Å². The van der Waals surface area contributed by atoms with Crippen molar-refractivity contribution >= 4 is 0 Å². The number of hydrogen-bond donors (Lipinski definition) is 1. The van der Waals surface area contributed by atoms with E-state index in [0.29, 0.717) is 6.61 Å². The summed E-state index contributed by atoms with van der Waals surface area (Å²) < 4.78 is 11.2. The molecule has 1 saturated heterocycles. The fourth-order valence-electron chi connectivity index (χ4n) is 1.53. The van der Waals surface area contributed by atoms with Crippen molar-refractivity contribution < 1.29 is 9.47 Å². The van der Waals surface area contributed by atoms with Crippen LogP contribution in [0.2, 0.25) is 0 Å². The molecule has 0 amide bonds. The number of ether oxygens (including phenoxy) is 2. The molecule has 1 heterocycles. The molecule has 0 radical (unpaired) electrons. The molecule has 13 heavy (non-hydrogen) atoms. The molecule has 0 saturated carbocycles. The van der Waals surface area contributed by atoms with E-state index in [9.17, 15) is 0 Å². The van der Waals surface area contributed by atoms with Crippen LogP contribution in [0.25, 0.3) is 0 Å². The molecule has 3 nitrogen and oxygen atoms in total. The molecule has 0 spiro atoms. The molecule has 78 valence electrons. The first-order valence-electron chi connectivity index (χ1n) is 4.85. The minimum absolute atomic E-state index is 0.119. The SMILES string of the molecule is CNC(C)(C)CC1COC(C)(C)O1. The second kappa shape index (κ2) is 3.56. The second-order valence-corrected chi connectivity index (χ2v) is 4.79. The summed E-state index contributed by atoms with van der Waals surface area (Å²) >= 11 is 0. The van der Waals surface area contributed by atoms with Gasteiger partial charge in [-0.05, 0) is 41.2 Å². The van der Waals surface area contributed by atoms with Crippen molar-refractivity contribution in [2.75, 3.05) is 13.7 Å². The summed E-state index contributed by atoms with van der Waals surface area (Å²) in [4.78, 5) is 0. The summed E-state index contributed by atoms with van der Waals surface area (Å²) in [5.41, 5.74) is 0.119. The molecule has 1 fully saturated rings. The van der Waals surface area contributed by atoms with E-state index < -0.39 is 5.79 Å². The highest BCUT2D eigenvalue weighted by Gasteiger charge is 2.35. The maximum Gasteiger partial charge on any atom is 0.163 e. The zero-order valence-corrected chi connectivity index (χ0v) is 9.31. The molecule has 0 aromatic carbocycles. The lowest BCUT2D eigenvalue weighted by Gasteiger charge is -2.27. The Bertz CT molecular complexity index is 178. The van der Waals surface area contributed by atoms with E-state index in [1.807, 2.05) is 20.9 Å². The van der Waals surface area contributed by atoms with Crippen molar-refractivity contribution in [3.05, 3.63) is 0 Å². The molecule has 1 aliphatic rings. The van der Waals surface area contributed by atoms with E-state index in [-0.39, 0.29) is 11.6 Å². The fourth-order valence-corrected chi connectivity index (χ4v) is 1.53. The molecule has 1 rings (SSSR count). The first-order valence-corrected chi connectivity index (χ1v) is 4.85. The molecule has 1 N–H and O–H groups in total. The van der Waals surface area contributed by atoms with Crippen LogP contribution in [0.3, 0.4) is 0 Å². The van der Waals surface area contributed by atoms with E-state index >= 15 is 0 Å². The Labute approximate surface area is 80.8 Å². The molecule has 0 aromatic heterocycles. The van der Waals surface area contributed by atoms with Gasteiger partial charge in [0.25, 0.3) is 0 Å². The van der Waals surface area contributed by atoms with Gasteiger partial charge in [-0.3, -0.25) is 0 Å². The van der Waals surface area contributed by atoms with Crippen LogP contribution in [0.5, 0.6) is 0 Å². The molecule has 0 bridgehead atoms. The summed E-state index contributed by atoms with van der Waals surface area (Å²) in [5, 5.41) is 3.26. The van der Waals surface area contributed by atoms with Crippen LogP contribution in [0, 0.1) is 0 Å². The third kappa shape index (κ3) is 3.25. The number of hydrogen-bond acceptors (Lipinski definition) is 3. The Morgan fingerprint density at radius 3 is 2.46 bits per heavy atom. The van der Waals surface area contributed by atoms with Crippen LogP contribution in [-0.2, 0) is 9.47 Å². The predicted octanol–water partition coefficient (Wildman–Crippen LogP) is 1.53. The van der Waals surface area contributed by atoms with E-state index in [2.05, 4.69) is 19.2 Å². The monoisotopic (exact) mass is 187 g/mol. The first kappa shape index (κ1) is 11.0. The minimum Gasteiger partial charge on any atom is -0.348 e. The van der Waals surface area contributed by atoms with Gasteiger partial charge in [0.05, 0.1) is 12.7 Å². The van der Waals surface area contributed by atoms with Gasteiger partial charge in [-0.2, -0.15) is 0 Å². The van der Waals surface area contributed by atoms with E-state index in [1.54, 1.807) is 0 Å². The summed E-state index contributed by atoms with van der Waals surface area (Å²) in [5.74, 6) is -0.394. The fraction of sp³-hybridized carbons (Fsp3) is 1.00. The number of rotatable bonds is 3. The van der Waals surface area contributed by atoms with Crippen LogP contribution in [-0.4, -0.2) is 31.1 Å². The summed E-state index contributed by atoms with van der Waals surface area (Å²) in [7, 11) is 1.97. The minimum atomic E-state index is -0.394. The Morgan fingerprint density at radius 2 is 2.08 bits per heavy atom. The van der Waals surface area contributed by atoms with E-state index in [0.717, 1.165) is 6.42 Å². The maximum atomic E-state index is 5.72. The van der Waals surface area contributed by atoms with Crippen LogP contribution >= 0.6 is 0 Å². The summed E-state index contributed by atoms with van der Waals surface area (Å²) in [6.07, 6.45) is 1.20. The third-order valence-electron chi connectivity index (χ3n) is 2.48. The molecule has 3 heteroatoms. The van der Waals surface area contributed by atoms with Gasteiger partial charge in [0.2, 0.25) is 0 Å². The Morgan fingerprint density at radius 1 is 1.46 bits per heavy atom. The molecule has 1 aliphatic heterocycles. The van der Waals surface area contributed by atoms with Gasteiger partial charge in [-0.25, -0.2) is 0 Å². The molecular weight excluding hydrogens is 166 g/mol. The predicted molar refractivity (Wildman–Crippen MR) is 52.7 cm³/mol. The van der Waals surface area contributed by atoms with Gasteiger partial charge in [-0.1, -0.05) is 0 Å². The van der Waals surface area contributed by atoms with Crippen LogP contribution in [0.15, 0.2) is 0 Å². The van der Waals surface area contributed by atoms with Crippen molar-refractivity contribution in [3.8, 4) is 0 Å². The zero-order valence-electron chi connectivity index (χ0n) is 9.31. The van der Waals surface area contributed by atoms with Crippen molar-refractivity contribution in [2.45, 2.75) is 51.5 Å². The third-order valence-corrected chi connectivity index (χ3v) is 2.48. The lowest BCUT2D eigenvalue weighted by molar-refractivity contribution is -0.140. The Balaban J connectivity index is 2.40. The van der Waals surface area contributed by atoms with Gasteiger partial charge < -0.3 is 14.8 Å². The smallest absolute Gasteiger partial charge is 0.163 e. The van der Waals surface area contributed by atoms with Crippen molar-refractivity contribution in [2.24, 2.45) is 0 Å². The standard InChI is InChI=1S/C10H21NO2/c1-9(2,11-5)6-8-7-12-10(3,4)13-8/h8,11H,6-7H2,1-5H3. The van der Waals surface area contributed by atoms with Crippen LogP contribution in [0.4, 0.5) is 0 Å². The van der Waals surface area contributed by atoms with Crippen LogP contribution in [0.1, 0.15) is 34.1 Å². The van der Waals surface area contributed by atoms with E-state index in [4.69, 9.17) is 9.47 Å². The molecule has 0 aliphatic carbocycles. The zero-order chi connectivity index (χ0) is 10.1. The maximum absolute atomic E-state index is 5.72. The lowest BCUT2D eigenvalue weighted by atomic mass is 9.97. The van der Waals surface area contributed by atoms with Gasteiger partial charge in [0.1, 0.15) is 0 Å². The highest BCUT2D eigenvalue weighted by molar-refractivity contribution is 4.83. The van der Waals surface area contributed by atoms with Gasteiger partial charge >= 0.3 is 0 Å². The quantitative estimate of drug-likeness (QED) is 0.726. The summed E-state index contributed by atoms with van der Waals surface area (Å²) in [6, 6.07) is 0. The van der Waals surface area contributed by atoms with Gasteiger partial charge in [0.15, 0.2) is 5.79 Å². The van der Waals surface area contributed by atoms with Gasteiger partial charge in [0, 0.05) is 5.54 Å². The average Bonchev–Trinajstić information content (AvgIpc) is 2.29. The molecule has 1 atom stereocenters. The van der Waals surface area contributed by atoms with E-state index in [1.165, 1.54) is 0 Å². The molecular formula is C10H21NO2. The number of nitrogens with one attached hydrogen (secondary N) is 1. The Hall–Kier alpha value is -0.120. The molecule has 1 unspecified atom stereocenters. The van der Waals surface area contributed by atoms with Crippen LogP contribution < -0.4 is 5.32 Å². The lowest BCUT2D eigenvalue weighted by Crippen LogP contribution is -2.40. The summed E-state index contributed by atoms with van der Waals surface area (Å²) in [6.45, 7) is 8.96. The highest BCUT2D eigenvalue weighted by Crippen LogP contribution is 2.27. The largest absolute Gasteiger partial charge is 0.348 e. The normalized spacial score (nSPS) is 27.9. The molecule has 0 aromatic rings. The first-order chi connectivity index (χ1) is 5.85. The topological polar surface area (TPSA) is 30.5 Å². The highest BCUT2D eigenvalue weighted by atomic mass is 16.7. The Kier molecular flexibility index (Phi) is 3.00. The van der Waals surface area contributed by atoms with Crippen molar-refractivity contribution in [1.82, 2.24) is 5.32 Å². The van der Waals surface area contributed by atoms with Gasteiger partial charge in [-0.15, -0.1) is 0 Å². The second-order valence-electron chi connectivity index (χ2n) is 4.79. The average molecular weight is 187 g/mol.